The predicted molar refractivity (Wildman–Crippen MR) is 111 cm³/mol. The van der Waals surface area contributed by atoms with E-state index >= 15 is 0 Å². The average Bonchev–Trinajstić information content (AvgIpc) is 3.20. The number of carbonyl (C=O) groups excluding carboxylic acids is 1. The molecule has 0 bridgehead atoms. The summed E-state index contributed by atoms with van der Waals surface area (Å²) < 4.78 is 12.4. The summed E-state index contributed by atoms with van der Waals surface area (Å²) in [6, 6.07) is 0. The molecule has 0 aliphatic carbocycles. The molecule has 0 aromatic carbocycles. The van der Waals surface area contributed by atoms with Crippen molar-refractivity contribution in [1.82, 2.24) is 9.55 Å². The van der Waals surface area contributed by atoms with Crippen LogP contribution in [0, 0.1) is 0 Å². The topological polar surface area (TPSA) is 73.6 Å². The second-order valence-electron chi connectivity index (χ2n) is 7.48. The van der Waals surface area contributed by atoms with Crippen molar-refractivity contribution in [2.24, 2.45) is 0 Å². The van der Waals surface area contributed by atoms with E-state index in [2.05, 4.69) is 11.9 Å². The minimum Gasteiger partial charge on any atom is -0.434 e. The Morgan fingerprint density at radius 1 is 1.00 bits per heavy atom. The van der Waals surface area contributed by atoms with Gasteiger partial charge in [0.25, 0.3) is 0 Å². The molecular weight excluding hydrogens is 356 g/mol. The molecule has 1 rings (SSSR count). The van der Waals surface area contributed by atoms with Gasteiger partial charge < -0.3 is 19.1 Å². The summed E-state index contributed by atoms with van der Waals surface area (Å²) >= 11 is 0. The molecular formula is C22H40N2O4. The van der Waals surface area contributed by atoms with Gasteiger partial charge in [-0.3, -0.25) is 0 Å². The van der Waals surface area contributed by atoms with Crippen molar-refractivity contribution in [3.05, 3.63) is 18.7 Å². The van der Waals surface area contributed by atoms with Gasteiger partial charge in [-0.1, -0.05) is 64.7 Å². The van der Waals surface area contributed by atoms with Crippen molar-refractivity contribution in [3.8, 4) is 0 Å². The second-order valence-corrected chi connectivity index (χ2v) is 7.48. The van der Waals surface area contributed by atoms with Crippen molar-refractivity contribution in [1.29, 1.82) is 0 Å². The fraction of sp³-hybridized carbons (Fsp3) is 0.818. The van der Waals surface area contributed by atoms with Gasteiger partial charge in [0.15, 0.2) is 0 Å². The molecule has 1 aromatic heterocycles. The highest BCUT2D eigenvalue weighted by molar-refractivity contribution is 5.60. The Hall–Kier alpha value is -1.56. The molecule has 0 saturated carbocycles. The summed E-state index contributed by atoms with van der Waals surface area (Å²) in [6.45, 7) is 3.35. The third kappa shape index (κ3) is 13.6. The molecule has 0 aliphatic heterocycles. The van der Waals surface area contributed by atoms with Gasteiger partial charge in [-0.15, -0.1) is 0 Å². The number of aryl methyl sites for hydroxylation is 1. The van der Waals surface area contributed by atoms with Gasteiger partial charge in [0, 0.05) is 32.0 Å². The largest absolute Gasteiger partial charge is 0.508 e. The van der Waals surface area contributed by atoms with Crippen molar-refractivity contribution in [2.45, 2.75) is 103 Å². The van der Waals surface area contributed by atoms with Gasteiger partial charge in [-0.2, -0.15) is 0 Å². The first-order valence-corrected chi connectivity index (χ1v) is 11.2. The summed E-state index contributed by atoms with van der Waals surface area (Å²) in [5.74, 6) is 0. The third-order valence-electron chi connectivity index (χ3n) is 4.93. The highest BCUT2D eigenvalue weighted by Gasteiger charge is 2.15. The summed E-state index contributed by atoms with van der Waals surface area (Å²) in [6.07, 6.45) is 19.2. The summed E-state index contributed by atoms with van der Waals surface area (Å²) in [4.78, 5) is 15.8. The minimum atomic E-state index is -0.629. The van der Waals surface area contributed by atoms with Crippen LogP contribution in [-0.2, 0) is 16.0 Å². The molecule has 0 fully saturated rings. The molecule has 6 nitrogen and oxygen atoms in total. The molecule has 1 N–H and O–H groups in total. The van der Waals surface area contributed by atoms with E-state index in [9.17, 15) is 9.90 Å². The summed E-state index contributed by atoms with van der Waals surface area (Å²) in [5.41, 5.74) is 0. The van der Waals surface area contributed by atoms with Gasteiger partial charge in [0.1, 0.15) is 6.10 Å². The zero-order valence-corrected chi connectivity index (χ0v) is 17.7. The lowest BCUT2D eigenvalue weighted by Gasteiger charge is -2.16. The molecule has 1 heterocycles. The normalized spacial score (nSPS) is 12.1. The maximum absolute atomic E-state index is 11.8. The van der Waals surface area contributed by atoms with Crippen LogP contribution in [0.15, 0.2) is 18.7 Å². The molecule has 0 spiro atoms. The van der Waals surface area contributed by atoms with Crippen LogP contribution in [0.2, 0.25) is 0 Å². The van der Waals surface area contributed by atoms with Crippen LogP contribution in [0.1, 0.15) is 90.4 Å². The van der Waals surface area contributed by atoms with Gasteiger partial charge in [-0.05, 0) is 19.3 Å². The number of ether oxygens (including phenoxy) is 2. The Morgan fingerprint density at radius 3 is 2.29 bits per heavy atom. The Kier molecular flexibility index (Phi) is 15.3. The van der Waals surface area contributed by atoms with Gasteiger partial charge in [0.2, 0.25) is 0 Å². The van der Waals surface area contributed by atoms with E-state index in [1.165, 1.54) is 51.4 Å². The Bertz CT molecular complexity index is 465. The minimum absolute atomic E-state index is 0.0241. The van der Waals surface area contributed by atoms with E-state index in [-0.39, 0.29) is 12.7 Å². The zero-order valence-electron chi connectivity index (χ0n) is 17.7. The fourth-order valence-electron chi connectivity index (χ4n) is 3.26. The molecule has 162 valence electrons. The fourth-order valence-corrected chi connectivity index (χ4v) is 3.26. The number of hydrogen-bond acceptors (Lipinski definition) is 5. The van der Waals surface area contributed by atoms with Gasteiger partial charge in [0.05, 0.1) is 12.9 Å². The molecule has 0 saturated heterocycles. The Morgan fingerprint density at radius 2 is 1.68 bits per heavy atom. The first-order valence-electron chi connectivity index (χ1n) is 11.2. The first-order chi connectivity index (χ1) is 13.8. The predicted octanol–water partition coefficient (Wildman–Crippen LogP) is 5.49. The maximum Gasteiger partial charge on any atom is 0.508 e. The van der Waals surface area contributed by atoms with E-state index < -0.39 is 6.16 Å². The van der Waals surface area contributed by atoms with E-state index in [0.717, 1.165) is 25.8 Å². The summed E-state index contributed by atoms with van der Waals surface area (Å²) in [7, 11) is 0. The second kappa shape index (κ2) is 17.5. The van der Waals surface area contributed by atoms with Crippen LogP contribution < -0.4 is 0 Å². The van der Waals surface area contributed by atoms with E-state index in [1.54, 1.807) is 12.5 Å². The number of aromatic nitrogens is 2. The lowest BCUT2D eigenvalue weighted by Crippen LogP contribution is -2.21. The lowest BCUT2D eigenvalue weighted by atomic mass is 10.0. The maximum atomic E-state index is 11.8. The van der Waals surface area contributed by atoms with Crippen LogP contribution in [0.3, 0.4) is 0 Å². The number of aliphatic hydroxyl groups excluding tert-OH is 1. The number of unbranched alkanes of at least 4 members (excludes halogenated alkanes) is 9. The number of aliphatic hydroxyl groups is 1. The highest BCUT2D eigenvalue weighted by atomic mass is 16.7. The molecule has 0 radical (unpaired) electrons. The SMILES string of the molecule is CCCCCCCCCCCCC(CCO)OC(=O)OCCCn1ccnc1. The van der Waals surface area contributed by atoms with Crippen LogP contribution in [0.5, 0.6) is 0 Å². The molecule has 6 heteroatoms. The van der Waals surface area contributed by atoms with Crippen molar-refractivity contribution >= 4 is 6.16 Å². The molecule has 1 atom stereocenters. The third-order valence-corrected chi connectivity index (χ3v) is 4.93. The standard InChI is InChI=1S/C22H40N2O4/c1-2-3-4-5-6-7-8-9-10-11-13-21(14-18-25)28-22(26)27-19-12-16-24-17-15-23-20-24/h15,17,20-21,25H,2-14,16,18-19H2,1H3. The van der Waals surface area contributed by atoms with Crippen LogP contribution in [-0.4, -0.2) is 40.1 Å². The molecule has 28 heavy (non-hydrogen) atoms. The van der Waals surface area contributed by atoms with Crippen molar-refractivity contribution in [2.75, 3.05) is 13.2 Å². The molecule has 1 aromatic rings. The summed E-state index contributed by atoms with van der Waals surface area (Å²) in [5, 5.41) is 9.19. The van der Waals surface area contributed by atoms with Crippen LogP contribution in [0.4, 0.5) is 4.79 Å². The van der Waals surface area contributed by atoms with Crippen LogP contribution >= 0.6 is 0 Å². The number of hydrogen-bond donors (Lipinski definition) is 1. The zero-order chi connectivity index (χ0) is 20.3. The van der Waals surface area contributed by atoms with Crippen molar-refractivity contribution in [3.63, 3.8) is 0 Å². The van der Waals surface area contributed by atoms with E-state index in [1.807, 2.05) is 10.8 Å². The van der Waals surface area contributed by atoms with E-state index in [0.29, 0.717) is 19.4 Å². The number of rotatable bonds is 18. The average molecular weight is 397 g/mol. The monoisotopic (exact) mass is 396 g/mol. The lowest BCUT2D eigenvalue weighted by molar-refractivity contribution is 0.0110. The number of nitrogens with zero attached hydrogens (tertiary/aromatic N) is 2. The highest BCUT2D eigenvalue weighted by Crippen LogP contribution is 2.14. The smallest absolute Gasteiger partial charge is 0.434 e. The van der Waals surface area contributed by atoms with Gasteiger partial charge >= 0.3 is 6.16 Å². The van der Waals surface area contributed by atoms with Crippen molar-refractivity contribution < 1.29 is 19.4 Å². The number of carbonyl (C=O) groups is 1. The number of imidazole rings is 1. The molecule has 1 unspecified atom stereocenters. The quantitative estimate of drug-likeness (QED) is 0.262. The van der Waals surface area contributed by atoms with E-state index in [4.69, 9.17) is 9.47 Å². The van der Waals surface area contributed by atoms with Crippen LogP contribution in [0.25, 0.3) is 0 Å². The first kappa shape index (κ1) is 24.5. The van der Waals surface area contributed by atoms with Gasteiger partial charge in [-0.25, -0.2) is 9.78 Å². The molecule has 0 aliphatic rings. The molecule has 0 amide bonds. The Labute approximate surface area is 170 Å². The Balaban J connectivity index is 2.01.